The lowest BCUT2D eigenvalue weighted by atomic mass is 10.1. The highest BCUT2D eigenvalue weighted by atomic mass is 32.2. The Hall–Kier alpha value is -3.79. The van der Waals surface area contributed by atoms with Gasteiger partial charge in [0, 0.05) is 12.1 Å². The van der Waals surface area contributed by atoms with Crippen LogP contribution in [0.3, 0.4) is 0 Å². The van der Waals surface area contributed by atoms with Gasteiger partial charge in [0.2, 0.25) is 5.91 Å². The maximum atomic E-state index is 13.3. The molecule has 1 amide bonds. The molecule has 0 fully saturated rings. The quantitative estimate of drug-likeness (QED) is 0.409. The third kappa shape index (κ3) is 5.27. The van der Waals surface area contributed by atoms with Gasteiger partial charge in [-0.15, -0.1) is 0 Å². The first-order valence-corrected chi connectivity index (χ1v) is 11.0. The molecule has 1 N–H and O–H groups in total. The summed E-state index contributed by atoms with van der Waals surface area (Å²) in [6.07, 6.45) is 0. The first-order valence-electron chi connectivity index (χ1n) is 9.55. The molecule has 0 heterocycles. The molecule has 0 aromatic heterocycles. The molecule has 0 bridgehead atoms. The van der Waals surface area contributed by atoms with Crippen molar-refractivity contribution in [2.45, 2.75) is 17.9 Å². The largest absolute Gasteiger partial charge is 0.348 e. The van der Waals surface area contributed by atoms with E-state index in [0.29, 0.717) is 5.56 Å². The molecule has 3 aromatic rings. The molecule has 8 nitrogen and oxygen atoms in total. The van der Waals surface area contributed by atoms with E-state index in [4.69, 9.17) is 0 Å². The third-order valence-corrected chi connectivity index (χ3v) is 6.48. The van der Waals surface area contributed by atoms with Gasteiger partial charge in [-0.25, -0.2) is 12.8 Å². The summed E-state index contributed by atoms with van der Waals surface area (Å²) in [6.45, 7) is 1.07. The number of halogens is 1. The summed E-state index contributed by atoms with van der Waals surface area (Å²) in [7, 11) is -4.20. The zero-order valence-corrected chi connectivity index (χ0v) is 17.8. The Morgan fingerprint density at radius 3 is 2.34 bits per heavy atom. The van der Waals surface area contributed by atoms with Crippen LogP contribution in [0.5, 0.6) is 0 Å². The summed E-state index contributed by atoms with van der Waals surface area (Å²) in [5.74, 6) is -1.05. The molecule has 0 spiro atoms. The predicted octanol–water partition coefficient (Wildman–Crippen LogP) is 3.81. The Kier molecular flexibility index (Phi) is 6.84. The van der Waals surface area contributed by atoms with E-state index in [1.807, 2.05) is 0 Å². The number of anilines is 1. The molecule has 10 heteroatoms. The van der Waals surface area contributed by atoms with E-state index in [1.54, 1.807) is 13.0 Å². The van der Waals surface area contributed by atoms with Crippen molar-refractivity contribution in [1.29, 1.82) is 0 Å². The maximum Gasteiger partial charge on any atom is 0.271 e. The summed E-state index contributed by atoms with van der Waals surface area (Å²) in [6, 6.07) is 17.5. The molecule has 0 aliphatic carbocycles. The molecule has 0 unspecified atom stereocenters. The lowest BCUT2D eigenvalue weighted by Gasteiger charge is -2.25. The molecule has 0 saturated carbocycles. The number of nitro groups is 1. The number of nitrogens with zero attached hydrogens (tertiary/aromatic N) is 2. The fraction of sp³-hybridized carbons (Fsp3) is 0.136. The number of rotatable bonds is 8. The smallest absolute Gasteiger partial charge is 0.271 e. The maximum absolute atomic E-state index is 13.3. The van der Waals surface area contributed by atoms with Crippen molar-refractivity contribution in [3.05, 3.63) is 100 Å². The first-order chi connectivity index (χ1) is 15.2. The van der Waals surface area contributed by atoms with Gasteiger partial charge in [-0.2, -0.15) is 0 Å². The standard InChI is InChI=1S/C22H20FN3O5S/c1-16(17-10-12-18(23)13-11-17)24-22(27)15-25(19-6-5-7-20(14-19)26(28)29)32(30,31)21-8-3-2-4-9-21/h2-14,16H,15H2,1H3,(H,24,27)/t16-/m0/s1. The highest BCUT2D eigenvalue weighted by Gasteiger charge is 2.28. The number of nitrogens with one attached hydrogen (secondary N) is 1. The number of hydrogen-bond donors (Lipinski definition) is 1. The zero-order valence-electron chi connectivity index (χ0n) is 17.0. The van der Waals surface area contributed by atoms with Crippen molar-refractivity contribution < 1.29 is 22.5 Å². The minimum atomic E-state index is -4.20. The van der Waals surface area contributed by atoms with Gasteiger partial charge < -0.3 is 5.32 Å². The van der Waals surface area contributed by atoms with Crippen molar-refractivity contribution in [1.82, 2.24) is 5.32 Å². The number of hydrogen-bond acceptors (Lipinski definition) is 5. The number of carbonyl (C=O) groups excluding carboxylic acids is 1. The van der Waals surface area contributed by atoms with Gasteiger partial charge in [-0.1, -0.05) is 36.4 Å². The predicted molar refractivity (Wildman–Crippen MR) is 117 cm³/mol. The second kappa shape index (κ2) is 9.56. The number of nitro benzene ring substituents is 1. The topological polar surface area (TPSA) is 110 Å². The van der Waals surface area contributed by atoms with E-state index in [-0.39, 0.29) is 16.3 Å². The van der Waals surface area contributed by atoms with Crippen LogP contribution in [0.2, 0.25) is 0 Å². The van der Waals surface area contributed by atoms with Crippen LogP contribution in [0.15, 0.2) is 83.8 Å². The van der Waals surface area contributed by atoms with E-state index in [1.165, 1.54) is 66.7 Å². The second-order valence-electron chi connectivity index (χ2n) is 6.94. The van der Waals surface area contributed by atoms with Crippen LogP contribution in [0.1, 0.15) is 18.5 Å². The number of amides is 1. The van der Waals surface area contributed by atoms with E-state index >= 15 is 0 Å². The van der Waals surface area contributed by atoms with Gasteiger partial charge in [0.15, 0.2) is 0 Å². The molecule has 166 valence electrons. The second-order valence-corrected chi connectivity index (χ2v) is 8.80. The van der Waals surface area contributed by atoms with Gasteiger partial charge in [-0.05, 0) is 42.8 Å². The molecule has 3 aromatic carbocycles. The Morgan fingerprint density at radius 1 is 1.06 bits per heavy atom. The van der Waals surface area contributed by atoms with Crippen molar-refractivity contribution >= 4 is 27.3 Å². The Balaban J connectivity index is 1.92. The third-order valence-electron chi connectivity index (χ3n) is 4.69. The van der Waals surface area contributed by atoms with Gasteiger partial charge in [-0.3, -0.25) is 19.2 Å². The van der Waals surface area contributed by atoms with E-state index in [9.17, 15) is 27.7 Å². The monoisotopic (exact) mass is 457 g/mol. The fourth-order valence-electron chi connectivity index (χ4n) is 3.05. The minimum absolute atomic E-state index is 0.0207. The normalized spacial score (nSPS) is 12.1. The average Bonchev–Trinajstić information content (AvgIpc) is 2.78. The number of non-ortho nitro benzene ring substituents is 1. The van der Waals surface area contributed by atoms with Crippen molar-refractivity contribution in [3.8, 4) is 0 Å². The SMILES string of the molecule is C[C@H](NC(=O)CN(c1cccc([N+](=O)[O-])c1)S(=O)(=O)c1ccccc1)c1ccc(F)cc1. The van der Waals surface area contributed by atoms with Crippen molar-refractivity contribution in [3.63, 3.8) is 0 Å². The van der Waals surface area contributed by atoms with Crippen molar-refractivity contribution in [2.24, 2.45) is 0 Å². The molecule has 0 saturated heterocycles. The highest BCUT2D eigenvalue weighted by molar-refractivity contribution is 7.92. The lowest BCUT2D eigenvalue weighted by Crippen LogP contribution is -2.41. The van der Waals surface area contributed by atoms with Crippen molar-refractivity contribution in [2.75, 3.05) is 10.8 Å². The molecular weight excluding hydrogens is 437 g/mol. The van der Waals surface area contributed by atoms with Crippen LogP contribution >= 0.6 is 0 Å². The van der Waals surface area contributed by atoms with E-state index in [0.717, 1.165) is 10.4 Å². The van der Waals surface area contributed by atoms with Crippen LogP contribution in [0.25, 0.3) is 0 Å². The number of sulfonamides is 1. The van der Waals surface area contributed by atoms with Gasteiger partial charge in [0.25, 0.3) is 15.7 Å². The van der Waals surface area contributed by atoms with Gasteiger partial charge in [0.1, 0.15) is 12.4 Å². The summed E-state index contributed by atoms with van der Waals surface area (Å²) in [4.78, 5) is 23.2. The van der Waals surface area contributed by atoms with Crippen LogP contribution in [-0.4, -0.2) is 25.8 Å². The summed E-state index contributed by atoms with van der Waals surface area (Å²) >= 11 is 0. The highest BCUT2D eigenvalue weighted by Crippen LogP contribution is 2.27. The molecule has 0 aliphatic heterocycles. The summed E-state index contributed by atoms with van der Waals surface area (Å²) in [5.41, 5.74) is 0.302. The van der Waals surface area contributed by atoms with Crippen LogP contribution in [0.4, 0.5) is 15.8 Å². The Labute approximate surface area is 184 Å². The molecule has 0 radical (unpaired) electrons. The van der Waals surface area contributed by atoms with E-state index < -0.39 is 39.3 Å². The number of carbonyl (C=O) groups is 1. The van der Waals surface area contributed by atoms with Crippen LogP contribution in [-0.2, 0) is 14.8 Å². The number of benzene rings is 3. The van der Waals surface area contributed by atoms with E-state index in [2.05, 4.69) is 5.32 Å². The first kappa shape index (κ1) is 22.9. The fourth-order valence-corrected chi connectivity index (χ4v) is 4.48. The summed E-state index contributed by atoms with van der Waals surface area (Å²) in [5, 5.41) is 13.9. The molecule has 0 aliphatic rings. The average molecular weight is 457 g/mol. The van der Waals surface area contributed by atoms with Crippen LogP contribution < -0.4 is 9.62 Å². The minimum Gasteiger partial charge on any atom is -0.348 e. The molecule has 3 rings (SSSR count). The zero-order chi connectivity index (χ0) is 23.3. The van der Waals surface area contributed by atoms with Gasteiger partial charge >= 0.3 is 0 Å². The Morgan fingerprint density at radius 2 is 1.72 bits per heavy atom. The lowest BCUT2D eigenvalue weighted by molar-refractivity contribution is -0.384. The molecular formula is C22H20FN3O5S. The van der Waals surface area contributed by atoms with Crippen LogP contribution in [0, 0.1) is 15.9 Å². The Bertz CT molecular complexity index is 1220. The molecule has 1 atom stereocenters. The molecule has 32 heavy (non-hydrogen) atoms. The summed E-state index contributed by atoms with van der Waals surface area (Å²) < 4.78 is 40.5. The van der Waals surface area contributed by atoms with Gasteiger partial charge in [0.05, 0.1) is 21.5 Å².